The smallest absolute Gasteiger partial charge is 0.425 e. The second-order valence-corrected chi connectivity index (χ2v) is 16.3. The van der Waals surface area contributed by atoms with E-state index in [1.54, 1.807) is 141 Å². The van der Waals surface area contributed by atoms with Crippen LogP contribution in [-0.2, 0) is 24.3 Å². The van der Waals surface area contributed by atoms with Gasteiger partial charge in [-0.3, -0.25) is 4.79 Å². The third kappa shape index (κ3) is 10.2. The molecule has 1 heterocycles. The standard InChI is InChI=1S/C38H44N4O7S/c1-36(2,3)41-50(46,47)31-13-11-10-12-29(31)26-17-19-28(20-18-26)40-32(43)21-15-25-14-16-27-22-23-39-33(30(27)24-25)42(34(44)48-37(4,5)6)35(45)49-38(7,8)9/h10-24,41H,1-9H3,(H,40,43)/b21-15-. The SMILES string of the molecule is CC(C)(C)NS(=O)(=O)c1ccccc1-c1ccc(NC(=O)/C=C\c2ccc3ccnc(N(C(=O)OC(C)(C)C)C(=O)OC(C)(C)C)c3c2)cc1. The molecule has 0 unspecified atom stereocenters. The van der Waals surface area contributed by atoms with Crippen molar-refractivity contribution in [3.8, 4) is 11.1 Å². The first-order valence-corrected chi connectivity index (χ1v) is 17.5. The topological polar surface area (TPSA) is 144 Å². The summed E-state index contributed by atoms with van der Waals surface area (Å²) in [6.07, 6.45) is 2.54. The van der Waals surface area contributed by atoms with E-state index < -0.39 is 44.9 Å². The number of carbonyl (C=O) groups is 3. The normalized spacial score (nSPS) is 12.5. The van der Waals surface area contributed by atoms with Crippen molar-refractivity contribution >= 4 is 56.5 Å². The van der Waals surface area contributed by atoms with Crippen molar-refractivity contribution in [2.75, 3.05) is 10.2 Å². The molecule has 0 aliphatic rings. The van der Waals surface area contributed by atoms with Gasteiger partial charge in [-0.1, -0.05) is 42.5 Å². The molecule has 0 saturated carbocycles. The van der Waals surface area contributed by atoms with Gasteiger partial charge >= 0.3 is 12.2 Å². The summed E-state index contributed by atoms with van der Waals surface area (Å²) in [5, 5.41) is 3.96. The number of pyridine rings is 1. The highest BCUT2D eigenvalue weighted by molar-refractivity contribution is 7.89. The second kappa shape index (κ2) is 14.4. The van der Waals surface area contributed by atoms with Crippen LogP contribution in [0.5, 0.6) is 0 Å². The molecule has 0 saturated heterocycles. The Morgan fingerprint density at radius 1 is 0.780 bits per heavy atom. The Morgan fingerprint density at radius 2 is 1.38 bits per heavy atom. The highest BCUT2D eigenvalue weighted by atomic mass is 32.2. The lowest BCUT2D eigenvalue weighted by molar-refractivity contribution is -0.111. The summed E-state index contributed by atoms with van der Waals surface area (Å²) in [5.74, 6) is -0.389. The molecule has 11 nitrogen and oxygen atoms in total. The maximum absolute atomic E-state index is 13.3. The Kier molecular flexibility index (Phi) is 10.9. The fourth-order valence-corrected chi connectivity index (χ4v) is 6.45. The number of benzene rings is 3. The zero-order valence-electron chi connectivity index (χ0n) is 29.8. The lowest BCUT2D eigenvalue weighted by Crippen LogP contribution is -2.44. The third-order valence-electron chi connectivity index (χ3n) is 6.64. The zero-order valence-corrected chi connectivity index (χ0v) is 30.6. The molecule has 0 aliphatic heterocycles. The van der Waals surface area contributed by atoms with Gasteiger partial charge in [0.2, 0.25) is 15.9 Å². The molecule has 50 heavy (non-hydrogen) atoms. The van der Waals surface area contributed by atoms with Crippen molar-refractivity contribution in [1.29, 1.82) is 0 Å². The van der Waals surface area contributed by atoms with Crippen LogP contribution in [0.1, 0.15) is 67.9 Å². The first-order chi connectivity index (χ1) is 23.1. The molecule has 3 aromatic carbocycles. The number of sulfonamides is 1. The lowest BCUT2D eigenvalue weighted by atomic mass is 10.1. The molecule has 2 N–H and O–H groups in total. The van der Waals surface area contributed by atoms with Gasteiger partial charge < -0.3 is 14.8 Å². The number of anilines is 2. The largest absolute Gasteiger partial charge is 0.443 e. The summed E-state index contributed by atoms with van der Waals surface area (Å²) >= 11 is 0. The first-order valence-electron chi connectivity index (χ1n) is 16.0. The van der Waals surface area contributed by atoms with Crippen LogP contribution in [0.25, 0.3) is 28.0 Å². The Hall–Kier alpha value is -5.07. The predicted molar refractivity (Wildman–Crippen MR) is 196 cm³/mol. The molecule has 0 bridgehead atoms. The van der Waals surface area contributed by atoms with Crippen molar-refractivity contribution in [3.05, 3.63) is 90.6 Å². The van der Waals surface area contributed by atoms with Crippen molar-refractivity contribution in [2.45, 2.75) is 84.0 Å². The molecule has 3 amide bonds. The zero-order chi connectivity index (χ0) is 37.1. The number of ether oxygens (including phenoxy) is 2. The minimum atomic E-state index is -3.79. The van der Waals surface area contributed by atoms with Gasteiger partial charge in [0.25, 0.3) is 0 Å². The summed E-state index contributed by atoms with van der Waals surface area (Å²) in [4.78, 5) is 44.8. The number of nitrogens with zero attached hydrogens (tertiary/aromatic N) is 2. The molecule has 1 aromatic heterocycles. The number of hydrogen-bond donors (Lipinski definition) is 2. The Balaban J connectivity index is 1.57. The molecule has 0 aliphatic carbocycles. The maximum Gasteiger partial charge on any atom is 0.425 e. The minimum Gasteiger partial charge on any atom is -0.443 e. The van der Waals surface area contributed by atoms with E-state index in [1.807, 2.05) is 0 Å². The number of hydrogen-bond acceptors (Lipinski definition) is 8. The molecule has 0 fully saturated rings. The van der Waals surface area contributed by atoms with Crippen LogP contribution in [0.3, 0.4) is 0 Å². The van der Waals surface area contributed by atoms with E-state index in [-0.39, 0.29) is 10.7 Å². The average molecular weight is 701 g/mol. The van der Waals surface area contributed by atoms with Gasteiger partial charge in [0, 0.05) is 34.4 Å². The second-order valence-electron chi connectivity index (χ2n) is 14.7. The van der Waals surface area contributed by atoms with Gasteiger partial charge in [-0.25, -0.2) is 27.7 Å². The molecule has 0 atom stereocenters. The van der Waals surface area contributed by atoms with Crippen LogP contribution >= 0.6 is 0 Å². The number of rotatable bonds is 7. The van der Waals surface area contributed by atoms with E-state index in [4.69, 9.17) is 9.47 Å². The van der Waals surface area contributed by atoms with Crippen LogP contribution in [0, 0.1) is 0 Å². The van der Waals surface area contributed by atoms with Crippen molar-refractivity contribution in [1.82, 2.24) is 9.71 Å². The van der Waals surface area contributed by atoms with E-state index in [0.29, 0.717) is 33.2 Å². The highest BCUT2D eigenvalue weighted by Crippen LogP contribution is 2.31. The average Bonchev–Trinajstić information content (AvgIpc) is 2.98. The van der Waals surface area contributed by atoms with Crippen molar-refractivity contribution in [2.24, 2.45) is 0 Å². The number of carbonyl (C=O) groups excluding carboxylic acids is 3. The first kappa shape index (κ1) is 37.7. The number of imide groups is 1. The van der Waals surface area contributed by atoms with Gasteiger partial charge in [-0.2, -0.15) is 4.90 Å². The summed E-state index contributed by atoms with van der Waals surface area (Å²) < 4.78 is 39.9. The van der Waals surface area contributed by atoms with Crippen molar-refractivity contribution < 1.29 is 32.3 Å². The Morgan fingerprint density at radius 3 is 1.96 bits per heavy atom. The monoisotopic (exact) mass is 700 g/mol. The van der Waals surface area contributed by atoms with Crippen LogP contribution in [0.4, 0.5) is 21.1 Å². The summed E-state index contributed by atoms with van der Waals surface area (Å²) in [5.41, 5.74) is -0.125. The maximum atomic E-state index is 13.3. The van der Waals surface area contributed by atoms with E-state index >= 15 is 0 Å². The van der Waals surface area contributed by atoms with Crippen LogP contribution < -0.4 is 14.9 Å². The van der Waals surface area contributed by atoms with Gasteiger partial charge in [-0.05, 0) is 115 Å². The van der Waals surface area contributed by atoms with Crippen LogP contribution in [-0.4, -0.2) is 48.2 Å². The molecular formula is C38H44N4O7S. The molecule has 264 valence electrons. The molecule has 0 spiro atoms. The van der Waals surface area contributed by atoms with E-state index in [0.717, 1.165) is 4.90 Å². The number of amides is 3. The Labute approximate surface area is 293 Å². The predicted octanol–water partition coefficient (Wildman–Crippen LogP) is 8.31. The minimum absolute atomic E-state index is 0.0225. The number of fused-ring (bicyclic) bond motifs is 1. The number of nitrogens with one attached hydrogen (secondary N) is 2. The fraction of sp³-hybridized carbons (Fsp3) is 0.316. The highest BCUT2D eigenvalue weighted by Gasteiger charge is 2.34. The van der Waals surface area contributed by atoms with E-state index in [9.17, 15) is 22.8 Å². The number of aromatic nitrogens is 1. The Bertz CT molecular complexity index is 2010. The molecule has 4 rings (SSSR count). The molecule has 4 aromatic rings. The lowest BCUT2D eigenvalue weighted by Gasteiger charge is -2.28. The fourth-order valence-electron chi connectivity index (χ4n) is 4.80. The van der Waals surface area contributed by atoms with Gasteiger partial charge in [0.15, 0.2) is 5.82 Å². The van der Waals surface area contributed by atoms with Crippen molar-refractivity contribution in [3.63, 3.8) is 0 Å². The summed E-state index contributed by atoms with van der Waals surface area (Å²) in [6, 6.07) is 20.6. The summed E-state index contributed by atoms with van der Waals surface area (Å²) in [7, 11) is -3.79. The molecular weight excluding hydrogens is 657 g/mol. The van der Waals surface area contributed by atoms with Gasteiger partial charge in [-0.15, -0.1) is 0 Å². The van der Waals surface area contributed by atoms with E-state index in [2.05, 4.69) is 15.0 Å². The van der Waals surface area contributed by atoms with Crippen LogP contribution in [0.15, 0.2) is 90.0 Å². The van der Waals surface area contributed by atoms with Gasteiger partial charge in [0.1, 0.15) is 11.2 Å². The summed E-state index contributed by atoms with van der Waals surface area (Å²) in [6.45, 7) is 15.5. The molecule has 0 radical (unpaired) electrons. The van der Waals surface area contributed by atoms with E-state index in [1.165, 1.54) is 12.3 Å². The third-order valence-corrected chi connectivity index (χ3v) is 8.46. The quantitative estimate of drug-likeness (QED) is 0.183. The van der Waals surface area contributed by atoms with Crippen LogP contribution in [0.2, 0.25) is 0 Å². The van der Waals surface area contributed by atoms with Gasteiger partial charge in [0.05, 0.1) is 4.90 Å². The molecule has 12 heteroatoms.